The number of nitrogens with one attached hydrogen (secondary N) is 1. The van der Waals surface area contributed by atoms with Crippen LogP contribution in [0.25, 0.3) is 0 Å². The minimum atomic E-state index is 0.762. The Morgan fingerprint density at radius 3 is 2.89 bits per heavy atom. The lowest BCUT2D eigenvalue weighted by Gasteiger charge is -1.95. The van der Waals surface area contributed by atoms with Crippen LogP contribution in [0.4, 0.5) is 0 Å². The molecule has 0 atom stereocenters. The second kappa shape index (κ2) is 5.03. The largest absolute Gasteiger partial charge is 0.246 e. The predicted molar refractivity (Wildman–Crippen MR) is 37.5 cm³/mol. The van der Waals surface area contributed by atoms with Gasteiger partial charge in [0.25, 0.3) is 0 Å². The van der Waals surface area contributed by atoms with Crippen LogP contribution < -0.4 is 5.43 Å². The van der Waals surface area contributed by atoms with Crippen LogP contribution in [0.5, 0.6) is 0 Å². The summed E-state index contributed by atoms with van der Waals surface area (Å²) in [6, 6.07) is 0. The predicted octanol–water partition coefficient (Wildman–Crippen LogP) is 1.74. The summed E-state index contributed by atoms with van der Waals surface area (Å²) in [7, 11) is 0. The molecule has 0 aliphatic carbocycles. The van der Waals surface area contributed by atoms with E-state index in [1.165, 1.54) is 0 Å². The van der Waals surface area contributed by atoms with Crippen molar-refractivity contribution in [2.24, 2.45) is 5.29 Å². The Hall–Kier alpha value is -1.12. The number of nitroso groups, excluding NO2 is 1. The number of hydrogen-bond acceptors (Lipinski definition) is 2. The third-order valence-corrected chi connectivity index (χ3v) is 0.889. The van der Waals surface area contributed by atoms with E-state index in [-0.39, 0.29) is 0 Å². The molecular formula is C6H10N2O. The van der Waals surface area contributed by atoms with Crippen molar-refractivity contribution in [2.75, 3.05) is 0 Å². The van der Waals surface area contributed by atoms with Gasteiger partial charge in [0.1, 0.15) is 0 Å². The van der Waals surface area contributed by atoms with Crippen LogP contribution in [0, 0.1) is 4.91 Å². The van der Waals surface area contributed by atoms with Crippen molar-refractivity contribution in [1.82, 2.24) is 5.43 Å². The fraction of sp³-hybridized carbons (Fsp3) is 0.333. The first-order valence-corrected chi connectivity index (χ1v) is 2.75. The van der Waals surface area contributed by atoms with Crippen molar-refractivity contribution < 1.29 is 0 Å². The third-order valence-electron chi connectivity index (χ3n) is 0.889. The van der Waals surface area contributed by atoms with E-state index >= 15 is 0 Å². The normalized spacial score (nSPS) is 10.6. The van der Waals surface area contributed by atoms with Crippen LogP contribution in [0.2, 0.25) is 0 Å². The van der Waals surface area contributed by atoms with Gasteiger partial charge in [0.2, 0.25) is 0 Å². The Kier molecular flexibility index (Phi) is 4.40. The summed E-state index contributed by atoms with van der Waals surface area (Å²) in [6.45, 7) is 5.39. The van der Waals surface area contributed by atoms with Crippen LogP contribution in [0.1, 0.15) is 13.3 Å². The first-order valence-electron chi connectivity index (χ1n) is 2.75. The van der Waals surface area contributed by atoms with Gasteiger partial charge in [-0.1, -0.05) is 19.6 Å². The van der Waals surface area contributed by atoms with E-state index in [1.807, 2.05) is 6.92 Å². The van der Waals surface area contributed by atoms with Gasteiger partial charge in [-0.05, 0) is 12.5 Å². The molecule has 9 heavy (non-hydrogen) atoms. The average Bonchev–Trinajstić information content (AvgIpc) is 1.88. The highest BCUT2D eigenvalue weighted by atomic mass is 16.3. The van der Waals surface area contributed by atoms with Crippen LogP contribution in [-0.4, -0.2) is 0 Å². The average molecular weight is 126 g/mol. The van der Waals surface area contributed by atoms with E-state index in [0.29, 0.717) is 0 Å². The van der Waals surface area contributed by atoms with Gasteiger partial charge in [0.05, 0.1) is 5.29 Å². The molecule has 50 valence electrons. The minimum Gasteiger partial charge on any atom is -0.246 e. The number of nitrogens with zero attached hydrogens (tertiary/aromatic N) is 1. The SMILES string of the molecule is C=C/C=C(/CC)NN=O. The molecule has 0 saturated carbocycles. The van der Waals surface area contributed by atoms with Gasteiger partial charge < -0.3 is 0 Å². The maximum atomic E-state index is 9.61. The monoisotopic (exact) mass is 126 g/mol. The molecular weight excluding hydrogens is 116 g/mol. The van der Waals surface area contributed by atoms with E-state index in [9.17, 15) is 4.91 Å². The molecule has 0 rings (SSSR count). The third kappa shape index (κ3) is 3.46. The molecule has 1 N–H and O–H groups in total. The Labute approximate surface area is 54.4 Å². The van der Waals surface area contributed by atoms with Crippen molar-refractivity contribution >= 4 is 0 Å². The number of allylic oxidation sites excluding steroid dienone is 3. The Morgan fingerprint density at radius 2 is 2.56 bits per heavy atom. The zero-order valence-corrected chi connectivity index (χ0v) is 5.42. The molecule has 0 aromatic carbocycles. The quantitative estimate of drug-likeness (QED) is 0.354. The maximum absolute atomic E-state index is 9.61. The van der Waals surface area contributed by atoms with Crippen LogP contribution >= 0.6 is 0 Å². The highest BCUT2D eigenvalue weighted by Crippen LogP contribution is 1.93. The molecule has 0 spiro atoms. The van der Waals surface area contributed by atoms with Crippen molar-refractivity contribution in [3.05, 3.63) is 29.3 Å². The Balaban J connectivity index is 3.79. The summed E-state index contributed by atoms with van der Waals surface area (Å²) >= 11 is 0. The highest BCUT2D eigenvalue weighted by molar-refractivity contribution is 5.07. The van der Waals surface area contributed by atoms with E-state index in [0.717, 1.165) is 12.1 Å². The summed E-state index contributed by atoms with van der Waals surface area (Å²) in [4.78, 5) is 9.61. The molecule has 0 aliphatic rings. The molecule has 0 radical (unpaired) electrons. The fourth-order valence-electron chi connectivity index (χ4n) is 0.435. The Morgan fingerprint density at radius 1 is 1.89 bits per heavy atom. The van der Waals surface area contributed by atoms with Gasteiger partial charge in [-0.3, -0.25) is 0 Å². The fourth-order valence-corrected chi connectivity index (χ4v) is 0.435. The van der Waals surface area contributed by atoms with Gasteiger partial charge >= 0.3 is 0 Å². The first-order chi connectivity index (χ1) is 4.35. The van der Waals surface area contributed by atoms with Gasteiger partial charge in [0.15, 0.2) is 0 Å². The van der Waals surface area contributed by atoms with E-state index in [1.54, 1.807) is 12.2 Å². The van der Waals surface area contributed by atoms with Gasteiger partial charge in [-0.15, -0.1) is 4.91 Å². The number of hydrogen-bond donors (Lipinski definition) is 1. The lowest BCUT2D eigenvalue weighted by Crippen LogP contribution is -2.01. The summed E-state index contributed by atoms with van der Waals surface area (Å²) in [6.07, 6.45) is 4.08. The second-order valence-electron chi connectivity index (χ2n) is 1.48. The number of rotatable bonds is 4. The zero-order chi connectivity index (χ0) is 7.11. The zero-order valence-electron chi connectivity index (χ0n) is 5.42. The molecule has 0 heterocycles. The summed E-state index contributed by atoms with van der Waals surface area (Å²) in [5.41, 5.74) is 3.07. The van der Waals surface area contributed by atoms with Gasteiger partial charge in [-0.25, -0.2) is 5.43 Å². The maximum Gasteiger partial charge on any atom is 0.0543 e. The molecule has 0 fully saturated rings. The lowest BCUT2D eigenvalue weighted by atomic mass is 10.3. The smallest absolute Gasteiger partial charge is 0.0543 e. The molecule has 0 unspecified atom stereocenters. The first kappa shape index (κ1) is 7.88. The summed E-state index contributed by atoms with van der Waals surface area (Å²) < 4.78 is 0. The molecule has 0 bridgehead atoms. The molecule has 0 aromatic rings. The summed E-state index contributed by atoms with van der Waals surface area (Å²) in [5.74, 6) is 0. The van der Waals surface area contributed by atoms with Crippen LogP contribution in [-0.2, 0) is 0 Å². The van der Waals surface area contributed by atoms with Crippen LogP contribution in [0.15, 0.2) is 29.7 Å². The van der Waals surface area contributed by atoms with Crippen molar-refractivity contribution in [2.45, 2.75) is 13.3 Å². The van der Waals surface area contributed by atoms with Crippen molar-refractivity contribution in [3.8, 4) is 0 Å². The molecule has 3 nitrogen and oxygen atoms in total. The summed E-state index contributed by atoms with van der Waals surface area (Å²) in [5, 5.41) is 2.51. The van der Waals surface area contributed by atoms with Crippen molar-refractivity contribution in [1.29, 1.82) is 0 Å². The molecule has 0 amide bonds. The minimum absolute atomic E-state index is 0.762. The molecule has 0 aromatic heterocycles. The molecule has 0 saturated heterocycles. The van der Waals surface area contributed by atoms with E-state index in [4.69, 9.17) is 0 Å². The highest BCUT2D eigenvalue weighted by Gasteiger charge is 1.86. The van der Waals surface area contributed by atoms with Gasteiger partial charge in [-0.2, -0.15) is 0 Å². The standard InChI is InChI=1S/C6H10N2O/c1-3-5-6(4-2)7-8-9/h3,5H,1,4H2,2H3,(H,7,9)/b6-5-. The van der Waals surface area contributed by atoms with Crippen molar-refractivity contribution in [3.63, 3.8) is 0 Å². The molecule has 0 aliphatic heterocycles. The molecule has 3 heteroatoms. The van der Waals surface area contributed by atoms with Gasteiger partial charge in [0, 0.05) is 5.70 Å². The lowest BCUT2D eigenvalue weighted by molar-refractivity contribution is 0.822. The topological polar surface area (TPSA) is 41.5 Å². The second-order valence-corrected chi connectivity index (χ2v) is 1.48. The van der Waals surface area contributed by atoms with Crippen LogP contribution in [0.3, 0.4) is 0 Å². The Bertz CT molecular complexity index is 129. The van der Waals surface area contributed by atoms with E-state index < -0.39 is 0 Å². The van der Waals surface area contributed by atoms with E-state index in [2.05, 4.69) is 17.3 Å².